The second kappa shape index (κ2) is 4.03. The lowest BCUT2D eigenvalue weighted by Crippen LogP contribution is -2.48. The average molecular weight is 220 g/mol. The summed E-state index contributed by atoms with van der Waals surface area (Å²) in [7, 11) is 0. The molecule has 0 bridgehead atoms. The molecule has 0 aromatic rings. The Bertz CT molecular complexity index is 328. The van der Waals surface area contributed by atoms with E-state index in [1.165, 1.54) is 18.4 Å². The van der Waals surface area contributed by atoms with Crippen LogP contribution < -0.4 is 0 Å². The van der Waals surface area contributed by atoms with Gasteiger partial charge in [-0.05, 0) is 56.9 Å². The smallest absolute Gasteiger partial charge is 0.0916 e. The summed E-state index contributed by atoms with van der Waals surface area (Å²) < 4.78 is 0. The molecule has 0 radical (unpaired) electrons. The van der Waals surface area contributed by atoms with Crippen LogP contribution in [0.5, 0.6) is 0 Å². The predicted molar refractivity (Wildman–Crippen MR) is 68.1 cm³/mol. The maximum Gasteiger partial charge on any atom is 0.0916 e. The van der Waals surface area contributed by atoms with Gasteiger partial charge in [0.05, 0.1) is 5.60 Å². The van der Waals surface area contributed by atoms with Crippen molar-refractivity contribution in [3.63, 3.8) is 0 Å². The lowest BCUT2D eigenvalue weighted by molar-refractivity contribution is -0.0467. The molecular formula is C15H24O. The third kappa shape index (κ3) is 1.75. The molecule has 0 aliphatic heterocycles. The van der Waals surface area contributed by atoms with E-state index in [0.29, 0.717) is 11.8 Å². The molecule has 0 saturated heterocycles. The van der Waals surface area contributed by atoms with Crippen LogP contribution in [0, 0.1) is 17.8 Å². The molecule has 2 aliphatic rings. The zero-order valence-corrected chi connectivity index (χ0v) is 10.8. The van der Waals surface area contributed by atoms with Crippen molar-refractivity contribution in [2.45, 2.75) is 52.1 Å². The third-order valence-electron chi connectivity index (χ3n) is 4.80. The highest BCUT2D eigenvalue weighted by atomic mass is 16.3. The molecule has 1 fully saturated rings. The quantitative estimate of drug-likeness (QED) is 0.668. The van der Waals surface area contributed by atoms with Crippen LogP contribution >= 0.6 is 0 Å². The van der Waals surface area contributed by atoms with Crippen molar-refractivity contribution in [3.8, 4) is 0 Å². The van der Waals surface area contributed by atoms with E-state index in [1.54, 1.807) is 0 Å². The lowest BCUT2D eigenvalue weighted by Gasteiger charge is -2.49. The molecule has 4 atom stereocenters. The summed E-state index contributed by atoms with van der Waals surface area (Å²) in [6.07, 6.45) is 6.78. The Labute approximate surface area is 99.3 Å². The fraction of sp³-hybridized carbons (Fsp3) is 0.733. The van der Waals surface area contributed by atoms with Crippen molar-refractivity contribution in [1.29, 1.82) is 0 Å². The first-order valence-electron chi connectivity index (χ1n) is 6.51. The molecule has 4 unspecified atom stereocenters. The molecule has 2 aliphatic carbocycles. The topological polar surface area (TPSA) is 20.2 Å². The van der Waals surface area contributed by atoms with Gasteiger partial charge < -0.3 is 5.11 Å². The molecule has 1 saturated carbocycles. The van der Waals surface area contributed by atoms with Crippen LogP contribution in [0.4, 0.5) is 0 Å². The van der Waals surface area contributed by atoms with Crippen LogP contribution in [0.2, 0.25) is 0 Å². The van der Waals surface area contributed by atoms with Gasteiger partial charge in [0.2, 0.25) is 0 Å². The van der Waals surface area contributed by atoms with Gasteiger partial charge in [-0.15, -0.1) is 0 Å². The third-order valence-corrected chi connectivity index (χ3v) is 4.80. The molecule has 0 amide bonds. The minimum atomic E-state index is -0.640. The maximum absolute atomic E-state index is 10.8. The highest BCUT2D eigenvalue weighted by molar-refractivity contribution is 5.23. The molecule has 90 valence electrons. The van der Waals surface area contributed by atoms with Gasteiger partial charge in [0.1, 0.15) is 0 Å². The summed E-state index contributed by atoms with van der Waals surface area (Å²) in [5.74, 6) is 1.70. The molecule has 2 rings (SSSR count). The molecule has 16 heavy (non-hydrogen) atoms. The molecule has 1 heteroatoms. The first kappa shape index (κ1) is 11.9. The summed E-state index contributed by atoms with van der Waals surface area (Å²) in [6, 6.07) is 0. The van der Waals surface area contributed by atoms with E-state index in [2.05, 4.69) is 26.5 Å². The van der Waals surface area contributed by atoms with E-state index in [-0.39, 0.29) is 0 Å². The standard InChI is InChI=1S/C15H24O/c1-10(2)15(16)8-7-12(4)13-6-5-11(3)9-14(13)15/h9,12-14,16H,1,5-8H2,2-4H3. The Hall–Kier alpha value is -0.560. The zero-order valence-electron chi connectivity index (χ0n) is 10.8. The van der Waals surface area contributed by atoms with Crippen LogP contribution in [0.3, 0.4) is 0 Å². The SMILES string of the molecule is C=C(C)C1(O)CCC(C)C2CCC(C)=CC21. The largest absolute Gasteiger partial charge is 0.385 e. The first-order chi connectivity index (χ1) is 7.45. The first-order valence-corrected chi connectivity index (χ1v) is 6.51. The van der Waals surface area contributed by atoms with E-state index in [4.69, 9.17) is 0 Å². The summed E-state index contributed by atoms with van der Waals surface area (Å²) >= 11 is 0. The second-order valence-electron chi connectivity index (χ2n) is 5.96. The molecule has 0 aromatic carbocycles. The Balaban J connectivity index is 2.36. The Kier molecular flexibility index (Phi) is 3.00. The number of hydrogen-bond acceptors (Lipinski definition) is 1. The van der Waals surface area contributed by atoms with E-state index in [0.717, 1.165) is 24.3 Å². The van der Waals surface area contributed by atoms with Crippen molar-refractivity contribution in [3.05, 3.63) is 23.8 Å². The minimum absolute atomic E-state index is 0.308. The van der Waals surface area contributed by atoms with Crippen molar-refractivity contribution in [2.24, 2.45) is 17.8 Å². The lowest BCUT2D eigenvalue weighted by atomic mass is 9.59. The molecule has 0 spiro atoms. The summed E-state index contributed by atoms with van der Waals surface area (Å²) in [5.41, 5.74) is 1.74. The van der Waals surface area contributed by atoms with E-state index >= 15 is 0 Å². The number of hydrogen-bond donors (Lipinski definition) is 1. The molecule has 1 N–H and O–H groups in total. The van der Waals surface area contributed by atoms with Gasteiger partial charge in [0.15, 0.2) is 0 Å². The Morgan fingerprint density at radius 2 is 2.19 bits per heavy atom. The summed E-state index contributed by atoms with van der Waals surface area (Å²) in [5, 5.41) is 10.8. The molecule has 1 nitrogen and oxygen atoms in total. The number of allylic oxidation sites excluding steroid dienone is 1. The van der Waals surface area contributed by atoms with Gasteiger partial charge in [0, 0.05) is 5.92 Å². The maximum atomic E-state index is 10.8. The van der Waals surface area contributed by atoms with E-state index < -0.39 is 5.60 Å². The fourth-order valence-corrected chi connectivity index (χ4v) is 3.54. The van der Waals surface area contributed by atoms with Crippen LogP contribution in [0.15, 0.2) is 23.8 Å². The van der Waals surface area contributed by atoms with Crippen LogP contribution in [-0.2, 0) is 0 Å². The average Bonchev–Trinajstić information content (AvgIpc) is 2.23. The van der Waals surface area contributed by atoms with Gasteiger partial charge in [-0.2, -0.15) is 0 Å². The normalized spacial score (nSPS) is 43.5. The van der Waals surface area contributed by atoms with Gasteiger partial charge >= 0.3 is 0 Å². The van der Waals surface area contributed by atoms with E-state index in [1.807, 2.05) is 6.92 Å². The Morgan fingerprint density at radius 1 is 1.50 bits per heavy atom. The Morgan fingerprint density at radius 3 is 2.81 bits per heavy atom. The second-order valence-corrected chi connectivity index (χ2v) is 5.96. The monoisotopic (exact) mass is 220 g/mol. The molecule has 0 heterocycles. The van der Waals surface area contributed by atoms with E-state index in [9.17, 15) is 5.11 Å². The molecule has 0 aromatic heterocycles. The van der Waals surface area contributed by atoms with Crippen LogP contribution in [0.1, 0.15) is 46.5 Å². The van der Waals surface area contributed by atoms with Gasteiger partial charge in [-0.3, -0.25) is 0 Å². The number of fused-ring (bicyclic) bond motifs is 1. The van der Waals surface area contributed by atoms with Gasteiger partial charge in [-0.25, -0.2) is 0 Å². The number of rotatable bonds is 1. The predicted octanol–water partition coefficient (Wildman–Crippen LogP) is 3.70. The highest BCUT2D eigenvalue weighted by Gasteiger charge is 2.47. The van der Waals surface area contributed by atoms with Gasteiger partial charge in [0.25, 0.3) is 0 Å². The molecular weight excluding hydrogens is 196 g/mol. The minimum Gasteiger partial charge on any atom is -0.385 e. The van der Waals surface area contributed by atoms with Crippen molar-refractivity contribution >= 4 is 0 Å². The fourth-order valence-electron chi connectivity index (χ4n) is 3.54. The zero-order chi connectivity index (χ0) is 11.9. The van der Waals surface area contributed by atoms with Crippen molar-refractivity contribution in [1.82, 2.24) is 0 Å². The van der Waals surface area contributed by atoms with Crippen LogP contribution in [-0.4, -0.2) is 10.7 Å². The van der Waals surface area contributed by atoms with Gasteiger partial charge in [-0.1, -0.05) is 25.2 Å². The number of aliphatic hydroxyl groups is 1. The van der Waals surface area contributed by atoms with Crippen molar-refractivity contribution in [2.75, 3.05) is 0 Å². The van der Waals surface area contributed by atoms with Crippen LogP contribution in [0.25, 0.3) is 0 Å². The summed E-state index contributed by atoms with van der Waals surface area (Å²) in [6.45, 7) is 10.5. The summed E-state index contributed by atoms with van der Waals surface area (Å²) in [4.78, 5) is 0. The van der Waals surface area contributed by atoms with Crippen molar-refractivity contribution < 1.29 is 5.11 Å². The highest BCUT2D eigenvalue weighted by Crippen LogP contribution is 2.49.